The molecule has 0 radical (unpaired) electrons. The Morgan fingerprint density at radius 1 is 1.03 bits per heavy atom. The third-order valence-corrected chi connectivity index (χ3v) is 5.81. The smallest absolute Gasteiger partial charge is 0.318 e. The summed E-state index contributed by atoms with van der Waals surface area (Å²) in [6.07, 6.45) is 2.43. The van der Waals surface area contributed by atoms with Crippen molar-refractivity contribution in [3.63, 3.8) is 0 Å². The highest BCUT2D eigenvalue weighted by Crippen LogP contribution is 2.35. The zero-order valence-corrected chi connectivity index (χ0v) is 17.1. The van der Waals surface area contributed by atoms with Gasteiger partial charge in [-0.25, -0.2) is 4.79 Å². The predicted octanol–water partition coefficient (Wildman–Crippen LogP) is 5.36. The molecular weight excluding hydrogens is 360 g/mol. The Bertz CT molecular complexity index is 983. The fourth-order valence-corrected chi connectivity index (χ4v) is 3.80. The average Bonchev–Trinajstić information content (AvgIpc) is 3.61. The summed E-state index contributed by atoms with van der Waals surface area (Å²) in [7, 11) is 1.68. The Morgan fingerprint density at radius 2 is 1.76 bits per heavy atom. The van der Waals surface area contributed by atoms with Gasteiger partial charge in [-0.3, -0.25) is 0 Å². The first-order chi connectivity index (χ1) is 14.1. The van der Waals surface area contributed by atoms with E-state index in [0.717, 1.165) is 27.6 Å². The molecule has 0 heterocycles. The van der Waals surface area contributed by atoms with E-state index in [4.69, 9.17) is 4.74 Å². The molecule has 4 nitrogen and oxygen atoms in total. The van der Waals surface area contributed by atoms with Gasteiger partial charge in [-0.1, -0.05) is 48.5 Å². The van der Waals surface area contributed by atoms with Crippen LogP contribution in [0.1, 0.15) is 30.9 Å². The first-order valence-corrected chi connectivity index (χ1v) is 10.3. The van der Waals surface area contributed by atoms with Gasteiger partial charge in [-0.2, -0.15) is 0 Å². The quantitative estimate of drug-likeness (QED) is 0.592. The van der Waals surface area contributed by atoms with E-state index in [1.165, 1.54) is 12.8 Å². The Labute approximate surface area is 172 Å². The van der Waals surface area contributed by atoms with Crippen LogP contribution in [0.3, 0.4) is 0 Å². The summed E-state index contributed by atoms with van der Waals surface area (Å²) < 4.78 is 5.29. The predicted molar refractivity (Wildman–Crippen MR) is 117 cm³/mol. The number of nitrogens with zero attached hydrogens (tertiary/aromatic N) is 1. The van der Waals surface area contributed by atoms with Crippen LogP contribution in [0.4, 0.5) is 4.79 Å². The van der Waals surface area contributed by atoms with Crippen LogP contribution in [-0.2, 0) is 13.1 Å². The molecular formula is C25H28N2O2. The third kappa shape index (κ3) is 4.70. The van der Waals surface area contributed by atoms with Crippen molar-refractivity contribution < 1.29 is 9.53 Å². The van der Waals surface area contributed by atoms with Gasteiger partial charge in [-0.05, 0) is 65.8 Å². The maximum atomic E-state index is 13.0. The van der Waals surface area contributed by atoms with E-state index in [1.807, 2.05) is 35.2 Å². The van der Waals surface area contributed by atoms with Gasteiger partial charge in [0, 0.05) is 19.1 Å². The molecule has 1 aliphatic rings. The topological polar surface area (TPSA) is 41.6 Å². The number of benzene rings is 3. The zero-order chi connectivity index (χ0) is 20.2. The van der Waals surface area contributed by atoms with Crippen molar-refractivity contribution >= 4 is 16.8 Å². The van der Waals surface area contributed by atoms with Gasteiger partial charge >= 0.3 is 6.03 Å². The molecule has 2 amide bonds. The highest BCUT2D eigenvalue weighted by atomic mass is 16.5. The lowest BCUT2D eigenvalue weighted by Crippen LogP contribution is -2.45. The number of carbonyl (C=O) groups excluding carboxylic acids is 1. The van der Waals surface area contributed by atoms with E-state index in [9.17, 15) is 4.79 Å². The van der Waals surface area contributed by atoms with Crippen LogP contribution in [0.2, 0.25) is 0 Å². The van der Waals surface area contributed by atoms with Crippen molar-refractivity contribution in [1.29, 1.82) is 0 Å². The maximum absolute atomic E-state index is 13.0. The summed E-state index contributed by atoms with van der Waals surface area (Å²) in [5.74, 6) is 1.48. The van der Waals surface area contributed by atoms with Crippen LogP contribution in [0, 0.1) is 5.92 Å². The Morgan fingerprint density at radius 3 is 2.48 bits per heavy atom. The molecule has 0 bridgehead atoms. The van der Waals surface area contributed by atoms with Gasteiger partial charge in [0.2, 0.25) is 0 Å². The van der Waals surface area contributed by atoms with E-state index in [2.05, 4.69) is 48.6 Å². The minimum absolute atomic E-state index is 0.00285. The first kappa shape index (κ1) is 19.3. The third-order valence-electron chi connectivity index (χ3n) is 5.81. The average molecular weight is 389 g/mol. The standard InChI is InChI=1S/C25H28N2O2/c1-18(21-10-11-21)27(17-19-6-4-3-5-7-19)25(28)26-16-20-8-9-23-15-24(29-2)13-12-22(23)14-20/h3-9,12-15,18,21H,10-11,16-17H2,1-2H3,(H,26,28). The van der Waals surface area contributed by atoms with E-state index in [1.54, 1.807) is 7.11 Å². The van der Waals surface area contributed by atoms with E-state index in [0.29, 0.717) is 19.0 Å². The molecule has 0 aromatic heterocycles. The van der Waals surface area contributed by atoms with Crippen molar-refractivity contribution in [1.82, 2.24) is 10.2 Å². The van der Waals surface area contributed by atoms with Gasteiger partial charge in [0.1, 0.15) is 5.75 Å². The Hall–Kier alpha value is -3.01. The van der Waals surface area contributed by atoms with Crippen molar-refractivity contribution in [2.45, 2.75) is 38.9 Å². The lowest BCUT2D eigenvalue weighted by Gasteiger charge is -2.30. The molecule has 29 heavy (non-hydrogen) atoms. The van der Waals surface area contributed by atoms with Gasteiger partial charge in [0.25, 0.3) is 0 Å². The van der Waals surface area contributed by atoms with E-state index in [-0.39, 0.29) is 12.1 Å². The minimum Gasteiger partial charge on any atom is -0.497 e. The number of amides is 2. The lowest BCUT2D eigenvalue weighted by atomic mass is 10.1. The molecule has 4 heteroatoms. The Kier molecular flexibility index (Phi) is 5.70. The molecule has 0 spiro atoms. The van der Waals surface area contributed by atoms with Crippen LogP contribution >= 0.6 is 0 Å². The van der Waals surface area contributed by atoms with Gasteiger partial charge in [0.15, 0.2) is 0 Å². The highest BCUT2D eigenvalue weighted by molar-refractivity contribution is 5.84. The summed E-state index contributed by atoms with van der Waals surface area (Å²) in [5, 5.41) is 5.41. The molecule has 1 atom stereocenters. The number of nitrogens with one attached hydrogen (secondary N) is 1. The van der Waals surface area contributed by atoms with Gasteiger partial charge in [0.05, 0.1) is 7.11 Å². The lowest BCUT2D eigenvalue weighted by molar-refractivity contribution is 0.167. The molecule has 0 aliphatic heterocycles. The summed E-state index contributed by atoms with van der Waals surface area (Å²) in [5.41, 5.74) is 2.25. The van der Waals surface area contributed by atoms with E-state index < -0.39 is 0 Å². The number of rotatable bonds is 7. The summed E-state index contributed by atoms with van der Waals surface area (Å²) in [6.45, 7) is 3.33. The normalized spacial score (nSPS) is 14.4. The SMILES string of the molecule is COc1ccc2cc(CNC(=O)N(Cc3ccccc3)C(C)C3CC3)ccc2c1. The number of methoxy groups -OCH3 is 1. The number of ether oxygens (including phenoxy) is 1. The molecule has 1 unspecified atom stereocenters. The number of urea groups is 1. The van der Waals surface area contributed by atoms with Crippen molar-refractivity contribution in [2.24, 2.45) is 5.92 Å². The second-order valence-corrected chi connectivity index (χ2v) is 7.90. The first-order valence-electron chi connectivity index (χ1n) is 10.3. The van der Waals surface area contributed by atoms with E-state index >= 15 is 0 Å². The summed E-state index contributed by atoms with van der Waals surface area (Å²) in [6, 6.07) is 22.8. The number of carbonyl (C=O) groups is 1. The number of hydrogen-bond donors (Lipinski definition) is 1. The summed E-state index contributed by atoms with van der Waals surface area (Å²) >= 11 is 0. The number of fused-ring (bicyclic) bond motifs is 1. The maximum Gasteiger partial charge on any atom is 0.318 e. The zero-order valence-electron chi connectivity index (χ0n) is 17.1. The molecule has 0 saturated heterocycles. The van der Waals surface area contributed by atoms with Gasteiger partial charge < -0.3 is 15.0 Å². The Balaban J connectivity index is 1.45. The highest BCUT2D eigenvalue weighted by Gasteiger charge is 2.34. The molecule has 1 fully saturated rings. The molecule has 3 aromatic rings. The van der Waals surface area contributed by atoms with Crippen LogP contribution in [0.5, 0.6) is 5.75 Å². The van der Waals surface area contributed by atoms with Crippen LogP contribution in [-0.4, -0.2) is 24.1 Å². The molecule has 1 aliphatic carbocycles. The molecule has 150 valence electrons. The minimum atomic E-state index is 0.00285. The molecule has 1 N–H and O–H groups in total. The van der Waals surface area contributed by atoms with Gasteiger partial charge in [-0.15, -0.1) is 0 Å². The molecule has 1 saturated carbocycles. The summed E-state index contributed by atoms with van der Waals surface area (Å²) in [4.78, 5) is 15.0. The monoisotopic (exact) mass is 388 g/mol. The fraction of sp³-hybridized carbons (Fsp3) is 0.320. The second kappa shape index (κ2) is 8.56. The largest absolute Gasteiger partial charge is 0.497 e. The van der Waals surface area contributed by atoms with Crippen molar-refractivity contribution in [3.8, 4) is 5.75 Å². The molecule has 4 rings (SSSR count). The number of hydrogen-bond acceptors (Lipinski definition) is 2. The fourth-order valence-electron chi connectivity index (χ4n) is 3.80. The van der Waals surface area contributed by atoms with Crippen LogP contribution < -0.4 is 10.1 Å². The van der Waals surface area contributed by atoms with Crippen molar-refractivity contribution in [2.75, 3.05) is 7.11 Å². The van der Waals surface area contributed by atoms with Crippen LogP contribution in [0.25, 0.3) is 10.8 Å². The molecule has 3 aromatic carbocycles. The second-order valence-electron chi connectivity index (χ2n) is 7.90. The van der Waals surface area contributed by atoms with Crippen LogP contribution in [0.15, 0.2) is 66.7 Å². The van der Waals surface area contributed by atoms with Crippen molar-refractivity contribution in [3.05, 3.63) is 77.9 Å².